The molecule has 0 aromatic heterocycles. The van der Waals surface area contributed by atoms with Gasteiger partial charge in [-0.05, 0) is 20.3 Å². The third kappa shape index (κ3) is 1.28. The van der Waals surface area contributed by atoms with E-state index in [0.717, 1.165) is 6.42 Å². The summed E-state index contributed by atoms with van der Waals surface area (Å²) in [4.78, 5) is 0. The highest BCUT2D eigenvalue weighted by Crippen LogP contribution is 2.31. The zero-order valence-corrected chi connectivity index (χ0v) is 7.24. The first-order valence-electron chi connectivity index (χ1n) is 4.06. The summed E-state index contributed by atoms with van der Waals surface area (Å²) in [6.45, 7) is 5.32. The minimum absolute atomic E-state index is 0.208. The molecular weight excluding hydrogens is 144 g/mol. The minimum Gasteiger partial charge on any atom is -0.387 e. The maximum Gasteiger partial charge on any atom is 0.116 e. The van der Waals surface area contributed by atoms with Crippen molar-refractivity contribution in [1.29, 1.82) is 0 Å². The highest BCUT2D eigenvalue weighted by Gasteiger charge is 2.48. The summed E-state index contributed by atoms with van der Waals surface area (Å²) in [7, 11) is 0. The van der Waals surface area contributed by atoms with Crippen LogP contribution >= 0.6 is 0 Å². The molecule has 0 aliphatic carbocycles. The zero-order chi connectivity index (χ0) is 8.65. The summed E-state index contributed by atoms with van der Waals surface area (Å²) in [5.41, 5.74) is -1.08. The highest BCUT2D eigenvalue weighted by atomic mass is 16.5. The van der Waals surface area contributed by atoms with Gasteiger partial charge >= 0.3 is 0 Å². The first-order valence-corrected chi connectivity index (χ1v) is 4.06. The highest BCUT2D eigenvalue weighted by molar-refractivity contribution is 4.98. The van der Waals surface area contributed by atoms with Crippen LogP contribution in [0.5, 0.6) is 0 Å². The predicted molar refractivity (Wildman–Crippen MR) is 41.3 cm³/mol. The molecule has 3 heteroatoms. The molecule has 1 unspecified atom stereocenters. The Kier molecular flexibility index (Phi) is 2.23. The largest absolute Gasteiger partial charge is 0.387 e. The topological polar surface area (TPSA) is 49.7 Å². The molecule has 1 heterocycles. The Morgan fingerprint density at radius 1 is 1.55 bits per heavy atom. The first kappa shape index (κ1) is 8.97. The van der Waals surface area contributed by atoms with Gasteiger partial charge in [-0.15, -0.1) is 0 Å². The summed E-state index contributed by atoms with van der Waals surface area (Å²) in [6.07, 6.45) is -0.494. The Morgan fingerprint density at radius 2 is 2.09 bits per heavy atom. The Hall–Kier alpha value is -0.120. The van der Waals surface area contributed by atoms with E-state index in [4.69, 9.17) is 4.74 Å². The lowest BCUT2D eigenvalue weighted by atomic mass is 9.93. The third-order valence-corrected chi connectivity index (χ3v) is 2.56. The van der Waals surface area contributed by atoms with Crippen LogP contribution in [-0.4, -0.2) is 34.1 Å². The van der Waals surface area contributed by atoms with Gasteiger partial charge in [0.05, 0.1) is 12.2 Å². The molecule has 4 atom stereocenters. The van der Waals surface area contributed by atoms with E-state index < -0.39 is 11.7 Å². The normalized spacial score (nSPS) is 51.5. The van der Waals surface area contributed by atoms with Crippen molar-refractivity contribution < 1.29 is 14.9 Å². The number of aliphatic hydroxyl groups is 2. The molecule has 0 spiro atoms. The molecule has 0 amide bonds. The molecule has 1 aliphatic rings. The average Bonchev–Trinajstić information content (AvgIpc) is 2.14. The molecule has 66 valence electrons. The van der Waals surface area contributed by atoms with Crippen LogP contribution in [0.15, 0.2) is 0 Å². The van der Waals surface area contributed by atoms with Crippen LogP contribution in [0.3, 0.4) is 0 Å². The van der Waals surface area contributed by atoms with E-state index in [1.807, 2.05) is 6.92 Å². The summed E-state index contributed by atoms with van der Waals surface area (Å²) >= 11 is 0. The lowest BCUT2D eigenvalue weighted by Crippen LogP contribution is -2.44. The standard InChI is InChI=1S/C8H16O3/c1-4-6-7(9)8(3,10)5(2)11-6/h5-7,9-10H,4H2,1-3H3/t5-,6+,7-,8?/m0/s1. The molecule has 2 N–H and O–H groups in total. The van der Waals surface area contributed by atoms with Crippen LogP contribution in [0.1, 0.15) is 27.2 Å². The van der Waals surface area contributed by atoms with Crippen molar-refractivity contribution in [3.8, 4) is 0 Å². The van der Waals surface area contributed by atoms with E-state index in [9.17, 15) is 10.2 Å². The van der Waals surface area contributed by atoms with Crippen molar-refractivity contribution in [3.63, 3.8) is 0 Å². The predicted octanol–water partition coefficient (Wildman–Crippen LogP) is 0.296. The van der Waals surface area contributed by atoms with Gasteiger partial charge in [0.2, 0.25) is 0 Å². The maximum atomic E-state index is 9.66. The van der Waals surface area contributed by atoms with Crippen LogP contribution < -0.4 is 0 Å². The van der Waals surface area contributed by atoms with E-state index in [0.29, 0.717) is 0 Å². The molecule has 1 rings (SSSR count). The van der Waals surface area contributed by atoms with Gasteiger partial charge in [-0.2, -0.15) is 0 Å². The molecule has 0 saturated carbocycles. The molecule has 1 fully saturated rings. The number of ether oxygens (including phenoxy) is 1. The molecular formula is C8H16O3. The van der Waals surface area contributed by atoms with Gasteiger partial charge in [0.25, 0.3) is 0 Å². The summed E-state index contributed by atoms with van der Waals surface area (Å²) < 4.78 is 5.34. The van der Waals surface area contributed by atoms with Gasteiger partial charge in [-0.3, -0.25) is 0 Å². The molecule has 1 aliphatic heterocycles. The lowest BCUT2D eigenvalue weighted by Gasteiger charge is -2.23. The summed E-state index contributed by atoms with van der Waals surface area (Å²) in [5, 5.41) is 19.2. The maximum absolute atomic E-state index is 9.66. The Balaban J connectivity index is 2.71. The SMILES string of the molecule is CC[C@H]1O[C@@H](C)C(C)(O)[C@H]1O. The molecule has 0 aromatic rings. The second kappa shape index (κ2) is 2.73. The molecule has 3 nitrogen and oxygen atoms in total. The Labute approximate surface area is 67.0 Å². The van der Waals surface area contributed by atoms with Gasteiger partial charge in [0.1, 0.15) is 11.7 Å². The minimum atomic E-state index is -1.08. The van der Waals surface area contributed by atoms with Gasteiger partial charge < -0.3 is 14.9 Å². The third-order valence-electron chi connectivity index (χ3n) is 2.56. The second-order valence-corrected chi connectivity index (χ2v) is 3.40. The van der Waals surface area contributed by atoms with Crippen LogP contribution in [0.25, 0.3) is 0 Å². The van der Waals surface area contributed by atoms with E-state index in [1.165, 1.54) is 0 Å². The van der Waals surface area contributed by atoms with Gasteiger partial charge in [-0.25, -0.2) is 0 Å². The molecule has 1 saturated heterocycles. The average molecular weight is 160 g/mol. The van der Waals surface area contributed by atoms with Crippen LogP contribution in [0, 0.1) is 0 Å². The van der Waals surface area contributed by atoms with Crippen LogP contribution in [0.2, 0.25) is 0 Å². The Bertz CT molecular complexity index is 144. The number of hydrogen-bond acceptors (Lipinski definition) is 3. The van der Waals surface area contributed by atoms with Gasteiger partial charge in [0, 0.05) is 0 Å². The summed E-state index contributed by atoms with van der Waals surface area (Å²) in [5.74, 6) is 0. The van der Waals surface area contributed by atoms with Crippen LogP contribution in [0.4, 0.5) is 0 Å². The first-order chi connectivity index (χ1) is 5.00. The van der Waals surface area contributed by atoms with Crippen molar-refractivity contribution in [2.45, 2.75) is 51.1 Å². The van der Waals surface area contributed by atoms with Gasteiger partial charge in [0.15, 0.2) is 0 Å². The van der Waals surface area contributed by atoms with E-state index >= 15 is 0 Å². The van der Waals surface area contributed by atoms with Crippen LogP contribution in [-0.2, 0) is 4.74 Å². The van der Waals surface area contributed by atoms with E-state index in [1.54, 1.807) is 13.8 Å². The van der Waals surface area contributed by atoms with Crippen molar-refractivity contribution in [1.82, 2.24) is 0 Å². The molecule has 0 radical (unpaired) electrons. The quantitative estimate of drug-likeness (QED) is 0.580. The molecule has 0 bridgehead atoms. The molecule has 11 heavy (non-hydrogen) atoms. The fraction of sp³-hybridized carbons (Fsp3) is 1.00. The zero-order valence-electron chi connectivity index (χ0n) is 7.24. The van der Waals surface area contributed by atoms with Crippen molar-refractivity contribution in [3.05, 3.63) is 0 Å². The summed E-state index contributed by atoms with van der Waals surface area (Å²) in [6, 6.07) is 0. The van der Waals surface area contributed by atoms with E-state index in [2.05, 4.69) is 0 Å². The molecule has 0 aromatic carbocycles. The van der Waals surface area contributed by atoms with Gasteiger partial charge in [-0.1, -0.05) is 6.92 Å². The van der Waals surface area contributed by atoms with E-state index in [-0.39, 0.29) is 12.2 Å². The lowest BCUT2D eigenvalue weighted by molar-refractivity contribution is -0.0568. The number of aliphatic hydroxyl groups excluding tert-OH is 1. The smallest absolute Gasteiger partial charge is 0.116 e. The number of hydrogen-bond donors (Lipinski definition) is 2. The van der Waals surface area contributed by atoms with Crippen molar-refractivity contribution >= 4 is 0 Å². The van der Waals surface area contributed by atoms with Crippen molar-refractivity contribution in [2.24, 2.45) is 0 Å². The van der Waals surface area contributed by atoms with Crippen molar-refractivity contribution in [2.75, 3.05) is 0 Å². The fourth-order valence-corrected chi connectivity index (χ4v) is 1.41. The monoisotopic (exact) mass is 160 g/mol. The second-order valence-electron chi connectivity index (χ2n) is 3.40. The fourth-order valence-electron chi connectivity index (χ4n) is 1.41. The number of rotatable bonds is 1. The Morgan fingerprint density at radius 3 is 2.27 bits per heavy atom.